The fourth-order valence-corrected chi connectivity index (χ4v) is 4.65. The Hall–Kier alpha value is -2.01. The lowest BCUT2D eigenvalue weighted by molar-refractivity contribution is 0.0935. The molecule has 0 saturated carbocycles. The smallest absolute Gasteiger partial charge is 0.256 e. The average molecular weight is 314 g/mol. The quantitative estimate of drug-likeness (QED) is 0.755. The number of phenols is 1. The first-order valence-electron chi connectivity index (χ1n) is 7.65. The monoisotopic (exact) mass is 314 g/mol. The van der Waals surface area contributed by atoms with Gasteiger partial charge in [0.25, 0.3) is 5.91 Å². The maximum Gasteiger partial charge on any atom is 0.256 e. The Balaban J connectivity index is 1.74. The lowest BCUT2D eigenvalue weighted by Gasteiger charge is -2.27. The van der Waals surface area contributed by atoms with E-state index in [4.69, 9.17) is 0 Å². The summed E-state index contributed by atoms with van der Waals surface area (Å²) in [5, 5.41) is 17.4. The number of amides is 1. The van der Waals surface area contributed by atoms with Crippen LogP contribution < -0.4 is 10.6 Å². The molecule has 4 nitrogen and oxygen atoms in total. The van der Waals surface area contributed by atoms with Crippen LogP contribution in [0, 0.1) is 6.92 Å². The zero-order chi connectivity index (χ0) is 15.3. The topological polar surface area (TPSA) is 61.4 Å². The molecule has 0 unspecified atom stereocenters. The molecular formula is C17H18N2O2S. The Morgan fingerprint density at radius 1 is 1.23 bits per heavy atom. The molecule has 22 heavy (non-hydrogen) atoms. The number of hydrogen-bond donors (Lipinski definition) is 3. The lowest BCUT2D eigenvalue weighted by atomic mass is 9.94. The molecule has 5 heteroatoms. The van der Waals surface area contributed by atoms with Gasteiger partial charge in [0.2, 0.25) is 0 Å². The number of phenolic OH excluding ortho intramolecular Hbond substituents is 1. The highest BCUT2D eigenvalue weighted by Crippen LogP contribution is 2.42. The van der Waals surface area contributed by atoms with Crippen molar-refractivity contribution in [3.05, 3.63) is 45.3 Å². The zero-order valence-electron chi connectivity index (χ0n) is 12.4. The highest BCUT2D eigenvalue weighted by molar-refractivity contribution is 7.16. The van der Waals surface area contributed by atoms with Gasteiger partial charge in [0.15, 0.2) is 0 Å². The first-order chi connectivity index (χ1) is 10.6. The van der Waals surface area contributed by atoms with Crippen LogP contribution >= 0.6 is 11.3 Å². The minimum atomic E-state index is -0.375. The van der Waals surface area contributed by atoms with E-state index < -0.39 is 0 Å². The van der Waals surface area contributed by atoms with Crippen molar-refractivity contribution in [1.82, 2.24) is 5.32 Å². The number of anilines is 1. The zero-order valence-corrected chi connectivity index (χ0v) is 13.2. The second-order valence-corrected chi connectivity index (χ2v) is 7.13. The van der Waals surface area contributed by atoms with Crippen LogP contribution in [0.3, 0.4) is 0 Å². The van der Waals surface area contributed by atoms with Gasteiger partial charge in [-0.3, -0.25) is 4.79 Å². The third-order valence-corrected chi connectivity index (χ3v) is 5.67. The maximum atomic E-state index is 12.6. The summed E-state index contributed by atoms with van der Waals surface area (Å²) in [6.07, 6.45) is 4.06. The molecule has 1 aliphatic heterocycles. The number of aryl methyl sites for hydroxylation is 2. The van der Waals surface area contributed by atoms with Crippen molar-refractivity contribution in [2.75, 3.05) is 5.32 Å². The van der Waals surface area contributed by atoms with Crippen LogP contribution in [0.4, 0.5) is 5.00 Å². The van der Waals surface area contributed by atoms with E-state index in [0.717, 1.165) is 35.4 Å². The second kappa shape index (κ2) is 5.02. The summed E-state index contributed by atoms with van der Waals surface area (Å²) in [6, 6.07) is 5.44. The largest absolute Gasteiger partial charge is 0.508 e. The van der Waals surface area contributed by atoms with Gasteiger partial charge >= 0.3 is 0 Å². The van der Waals surface area contributed by atoms with Crippen molar-refractivity contribution >= 4 is 22.2 Å². The standard InChI is InChI=1S/C17H18N2O2S/c1-9-6-7-12(20)11(8-9)15-18-16(21)14-10-4-2-3-5-13(10)22-17(14)19-15/h6-8,15,19-20H,2-5H2,1H3,(H,18,21)/t15-/m1/s1. The Labute approximate surface area is 133 Å². The van der Waals surface area contributed by atoms with E-state index >= 15 is 0 Å². The fraction of sp³-hybridized carbons (Fsp3) is 0.353. The molecule has 1 atom stereocenters. The highest BCUT2D eigenvalue weighted by Gasteiger charge is 2.32. The van der Waals surface area contributed by atoms with Gasteiger partial charge in [-0.1, -0.05) is 11.6 Å². The van der Waals surface area contributed by atoms with Gasteiger partial charge in [0.1, 0.15) is 16.9 Å². The van der Waals surface area contributed by atoms with E-state index in [9.17, 15) is 9.90 Å². The van der Waals surface area contributed by atoms with Gasteiger partial charge in [-0.2, -0.15) is 0 Å². The van der Waals surface area contributed by atoms with E-state index in [1.807, 2.05) is 19.1 Å². The van der Waals surface area contributed by atoms with Crippen LogP contribution in [0.1, 0.15) is 50.9 Å². The molecule has 0 bridgehead atoms. The Kier molecular flexibility index (Phi) is 3.11. The summed E-state index contributed by atoms with van der Waals surface area (Å²) >= 11 is 1.70. The molecule has 114 valence electrons. The SMILES string of the molecule is Cc1ccc(O)c([C@@H]2NC(=O)c3c(sc4c3CCCC4)N2)c1. The Bertz CT molecular complexity index is 766. The molecule has 0 spiro atoms. The van der Waals surface area contributed by atoms with Gasteiger partial charge in [-0.15, -0.1) is 11.3 Å². The molecule has 0 saturated heterocycles. The molecule has 2 aromatic rings. The third kappa shape index (κ3) is 2.08. The molecule has 4 rings (SSSR count). The molecule has 1 aromatic heterocycles. The minimum Gasteiger partial charge on any atom is -0.508 e. The Morgan fingerprint density at radius 3 is 2.91 bits per heavy atom. The van der Waals surface area contributed by atoms with Crippen molar-refractivity contribution in [3.8, 4) is 5.75 Å². The minimum absolute atomic E-state index is 0.0287. The van der Waals surface area contributed by atoms with Crippen molar-refractivity contribution < 1.29 is 9.90 Å². The number of benzene rings is 1. The number of aromatic hydroxyl groups is 1. The molecule has 3 N–H and O–H groups in total. The maximum absolute atomic E-state index is 12.6. The molecule has 1 amide bonds. The Morgan fingerprint density at radius 2 is 2.05 bits per heavy atom. The number of thiophene rings is 1. The van der Waals surface area contributed by atoms with E-state index in [1.165, 1.54) is 16.9 Å². The van der Waals surface area contributed by atoms with Crippen molar-refractivity contribution in [3.63, 3.8) is 0 Å². The molecular weight excluding hydrogens is 296 g/mol. The molecule has 1 aliphatic carbocycles. The van der Waals surface area contributed by atoms with Crippen molar-refractivity contribution in [2.24, 2.45) is 0 Å². The summed E-state index contributed by atoms with van der Waals surface area (Å²) in [5.74, 6) is 0.173. The van der Waals surface area contributed by atoms with Crippen LogP contribution in [0.2, 0.25) is 0 Å². The number of carbonyl (C=O) groups excluding carboxylic acids is 1. The number of fused-ring (bicyclic) bond motifs is 3. The van der Waals surface area contributed by atoms with Crippen molar-refractivity contribution in [2.45, 2.75) is 38.8 Å². The molecule has 2 heterocycles. The third-order valence-electron chi connectivity index (χ3n) is 4.44. The van der Waals surface area contributed by atoms with Crippen LogP contribution in [0.15, 0.2) is 18.2 Å². The first-order valence-corrected chi connectivity index (χ1v) is 8.46. The van der Waals surface area contributed by atoms with Gasteiger partial charge in [0, 0.05) is 10.4 Å². The molecule has 2 aliphatic rings. The van der Waals surface area contributed by atoms with Crippen LogP contribution in [-0.2, 0) is 12.8 Å². The van der Waals surface area contributed by atoms with Crippen LogP contribution in [0.5, 0.6) is 5.75 Å². The fourth-order valence-electron chi connectivity index (χ4n) is 3.34. The van der Waals surface area contributed by atoms with Gasteiger partial charge in [-0.05, 0) is 50.3 Å². The second-order valence-electron chi connectivity index (χ2n) is 6.03. The van der Waals surface area contributed by atoms with Gasteiger partial charge < -0.3 is 15.7 Å². The van der Waals surface area contributed by atoms with E-state index in [2.05, 4.69) is 10.6 Å². The number of carbonyl (C=O) groups is 1. The van der Waals surface area contributed by atoms with Crippen molar-refractivity contribution in [1.29, 1.82) is 0 Å². The lowest BCUT2D eigenvalue weighted by Crippen LogP contribution is -2.38. The highest BCUT2D eigenvalue weighted by atomic mass is 32.1. The molecule has 0 radical (unpaired) electrons. The molecule has 0 fully saturated rings. The van der Waals surface area contributed by atoms with E-state index in [1.54, 1.807) is 17.4 Å². The summed E-state index contributed by atoms with van der Waals surface area (Å²) in [4.78, 5) is 13.9. The van der Waals surface area contributed by atoms with Crippen LogP contribution in [-0.4, -0.2) is 11.0 Å². The first kappa shape index (κ1) is 13.6. The van der Waals surface area contributed by atoms with Crippen LogP contribution in [0.25, 0.3) is 0 Å². The summed E-state index contributed by atoms with van der Waals surface area (Å²) < 4.78 is 0. The normalized spacial score (nSPS) is 19.9. The van der Waals surface area contributed by atoms with E-state index in [-0.39, 0.29) is 17.8 Å². The van der Waals surface area contributed by atoms with Gasteiger partial charge in [0.05, 0.1) is 5.56 Å². The molecule has 1 aromatic carbocycles. The predicted octanol–water partition coefficient (Wildman–Crippen LogP) is 3.50. The summed E-state index contributed by atoms with van der Waals surface area (Å²) in [7, 11) is 0. The number of nitrogens with one attached hydrogen (secondary N) is 2. The summed E-state index contributed by atoms with van der Waals surface area (Å²) in [6.45, 7) is 1.98. The number of rotatable bonds is 1. The van der Waals surface area contributed by atoms with E-state index in [0.29, 0.717) is 5.56 Å². The average Bonchev–Trinajstić information content (AvgIpc) is 2.88. The van der Waals surface area contributed by atoms with Gasteiger partial charge in [-0.25, -0.2) is 0 Å². The summed E-state index contributed by atoms with van der Waals surface area (Å²) in [5.41, 5.74) is 3.82. The number of hydrogen-bond acceptors (Lipinski definition) is 4. The predicted molar refractivity (Wildman–Crippen MR) is 87.6 cm³/mol.